The molecule has 7 nitrogen and oxygen atoms in total. The minimum Gasteiger partial charge on any atom is -0.497 e. The molecule has 0 unspecified atom stereocenters. The zero-order valence-electron chi connectivity index (χ0n) is 17.7. The van der Waals surface area contributed by atoms with Gasteiger partial charge in [0.1, 0.15) is 18.0 Å². The summed E-state index contributed by atoms with van der Waals surface area (Å²) in [6.45, 7) is -1.18. The second kappa shape index (κ2) is 8.81. The van der Waals surface area contributed by atoms with Crippen molar-refractivity contribution in [3.63, 3.8) is 0 Å². The maximum atomic E-state index is 12.9. The van der Waals surface area contributed by atoms with E-state index in [1.54, 1.807) is 42.5 Å². The van der Waals surface area contributed by atoms with Gasteiger partial charge in [-0.05, 0) is 29.8 Å². The molecule has 4 aromatic rings. The molecule has 33 heavy (non-hydrogen) atoms. The number of pyridine rings is 1. The molecular weight excluding hydrogens is 437 g/mol. The van der Waals surface area contributed by atoms with Gasteiger partial charge in [0.2, 0.25) is 0 Å². The van der Waals surface area contributed by atoms with Crippen LogP contribution < -0.4 is 14.8 Å². The summed E-state index contributed by atoms with van der Waals surface area (Å²) in [5.41, 5.74) is 2.39. The summed E-state index contributed by atoms with van der Waals surface area (Å²) in [7, 11) is 2.97. The summed E-state index contributed by atoms with van der Waals surface area (Å²) in [4.78, 5) is 17.3. The Morgan fingerprint density at radius 2 is 1.94 bits per heavy atom. The van der Waals surface area contributed by atoms with Gasteiger partial charge < -0.3 is 14.8 Å². The van der Waals surface area contributed by atoms with E-state index in [-0.39, 0.29) is 0 Å². The number of carbonyl (C=O) groups excluding carboxylic acids is 1. The van der Waals surface area contributed by atoms with E-state index < -0.39 is 18.6 Å². The largest absolute Gasteiger partial charge is 0.497 e. The Labute approximate surface area is 186 Å². The van der Waals surface area contributed by atoms with E-state index in [9.17, 15) is 18.0 Å². The highest BCUT2D eigenvalue weighted by Gasteiger charge is 2.28. The Balaban J connectivity index is 1.68. The van der Waals surface area contributed by atoms with Crippen LogP contribution in [0.15, 0.2) is 61.1 Å². The van der Waals surface area contributed by atoms with Crippen molar-refractivity contribution in [3.05, 3.63) is 66.6 Å². The van der Waals surface area contributed by atoms with E-state index >= 15 is 0 Å². The van der Waals surface area contributed by atoms with Crippen LogP contribution in [0.25, 0.3) is 22.0 Å². The number of nitrogens with zero attached hydrogens (tertiary/aromatic N) is 3. The summed E-state index contributed by atoms with van der Waals surface area (Å²) in [5, 5.41) is 7.30. The van der Waals surface area contributed by atoms with Gasteiger partial charge >= 0.3 is 6.18 Å². The zero-order chi connectivity index (χ0) is 23.6. The number of carbonyl (C=O) groups is 1. The normalized spacial score (nSPS) is 11.4. The van der Waals surface area contributed by atoms with Crippen molar-refractivity contribution in [3.8, 4) is 22.6 Å². The van der Waals surface area contributed by atoms with Gasteiger partial charge in [0, 0.05) is 29.4 Å². The third kappa shape index (κ3) is 4.74. The van der Waals surface area contributed by atoms with Crippen molar-refractivity contribution in [1.29, 1.82) is 0 Å². The lowest BCUT2D eigenvalue weighted by atomic mass is 10.0. The molecule has 0 atom stereocenters. The number of para-hydroxylation sites is 1. The summed E-state index contributed by atoms with van der Waals surface area (Å²) >= 11 is 0. The third-order valence-corrected chi connectivity index (χ3v) is 4.96. The van der Waals surface area contributed by atoms with Crippen molar-refractivity contribution >= 4 is 22.5 Å². The smallest absolute Gasteiger partial charge is 0.408 e. The van der Waals surface area contributed by atoms with Crippen LogP contribution >= 0.6 is 0 Å². The summed E-state index contributed by atoms with van der Waals surface area (Å²) < 4.78 is 49.4. The molecule has 2 aromatic heterocycles. The number of alkyl halides is 3. The van der Waals surface area contributed by atoms with E-state index in [4.69, 9.17) is 9.47 Å². The number of hydrogen-bond donors (Lipinski definition) is 1. The molecule has 0 fully saturated rings. The molecule has 2 heterocycles. The molecule has 0 saturated carbocycles. The quantitative estimate of drug-likeness (QED) is 0.445. The van der Waals surface area contributed by atoms with Crippen LogP contribution in [-0.2, 0) is 6.54 Å². The fourth-order valence-corrected chi connectivity index (χ4v) is 3.48. The summed E-state index contributed by atoms with van der Waals surface area (Å²) in [6, 6.07) is 11.7. The lowest BCUT2D eigenvalue weighted by molar-refractivity contribution is -0.142. The van der Waals surface area contributed by atoms with E-state index in [2.05, 4.69) is 15.4 Å². The number of halogens is 3. The van der Waals surface area contributed by atoms with Gasteiger partial charge in [0.25, 0.3) is 5.91 Å². The summed E-state index contributed by atoms with van der Waals surface area (Å²) in [5.74, 6) is 0.482. The van der Waals surface area contributed by atoms with Crippen LogP contribution in [0.1, 0.15) is 10.4 Å². The van der Waals surface area contributed by atoms with E-state index in [1.807, 2.05) is 0 Å². The highest BCUT2D eigenvalue weighted by molar-refractivity contribution is 6.11. The number of anilines is 1. The first-order chi connectivity index (χ1) is 15.8. The number of amides is 1. The molecule has 1 N–H and O–H groups in total. The highest BCUT2D eigenvalue weighted by atomic mass is 19.4. The van der Waals surface area contributed by atoms with Gasteiger partial charge in [0.15, 0.2) is 0 Å². The highest BCUT2D eigenvalue weighted by Crippen LogP contribution is 2.32. The second-order valence-electron chi connectivity index (χ2n) is 7.12. The van der Waals surface area contributed by atoms with Crippen LogP contribution in [0, 0.1) is 0 Å². The minimum atomic E-state index is -4.37. The average molecular weight is 456 g/mol. The standard InChI is InChI=1S/C23H19F3N4O3/c1-32-15-6-7-18(20(10-15)33-2)22(31)29-19-5-3-4-17-16(8-9-27-21(17)19)14-11-28-30(12-14)13-23(24,25)26/h3-12H,13H2,1-2H3,(H,29,31). The number of methoxy groups -OCH3 is 2. The molecular formula is C23H19F3N4O3. The molecule has 4 rings (SSSR count). The predicted octanol–water partition coefficient (Wildman–Crippen LogP) is 4.93. The Bertz CT molecular complexity index is 1320. The average Bonchev–Trinajstić information content (AvgIpc) is 3.24. The summed E-state index contributed by atoms with van der Waals surface area (Å²) in [6.07, 6.45) is -0.143. The van der Waals surface area contributed by atoms with Crippen LogP contribution in [0.2, 0.25) is 0 Å². The number of benzene rings is 2. The van der Waals surface area contributed by atoms with Gasteiger partial charge in [-0.25, -0.2) is 0 Å². The second-order valence-corrected chi connectivity index (χ2v) is 7.12. The molecule has 0 radical (unpaired) electrons. The Morgan fingerprint density at radius 1 is 1.12 bits per heavy atom. The monoisotopic (exact) mass is 456 g/mol. The molecule has 0 spiro atoms. The molecule has 0 aliphatic heterocycles. The van der Waals surface area contributed by atoms with E-state index in [1.165, 1.54) is 32.8 Å². The van der Waals surface area contributed by atoms with E-state index in [0.717, 1.165) is 4.68 Å². The van der Waals surface area contributed by atoms with Crippen LogP contribution in [-0.4, -0.2) is 41.1 Å². The van der Waals surface area contributed by atoms with Gasteiger partial charge in [-0.15, -0.1) is 0 Å². The van der Waals surface area contributed by atoms with Gasteiger partial charge in [-0.1, -0.05) is 12.1 Å². The molecule has 0 aliphatic rings. The van der Waals surface area contributed by atoms with Crippen molar-refractivity contribution in [2.24, 2.45) is 0 Å². The van der Waals surface area contributed by atoms with E-state index in [0.29, 0.717) is 44.8 Å². The Morgan fingerprint density at radius 3 is 2.67 bits per heavy atom. The minimum absolute atomic E-state index is 0.305. The Kier molecular flexibility index (Phi) is 5.91. The van der Waals surface area contributed by atoms with Crippen molar-refractivity contribution < 1.29 is 27.4 Å². The Hall–Kier alpha value is -4.08. The fourth-order valence-electron chi connectivity index (χ4n) is 3.48. The van der Waals surface area contributed by atoms with Crippen LogP contribution in [0.3, 0.4) is 0 Å². The topological polar surface area (TPSA) is 78.3 Å². The van der Waals surface area contributed by atoms with Crippen molar-refractivity contribution in [2.45, 2.75) is 12.7 Å². The molecule has 0 bridgehead atoms. The van der Waals surface area contributed by atoms with Gasteiger partial charge in [-0.2, -0.15) is 18.3 Å². The first kappa shape index (κ1) is 22.1. The van der Waals surface area contributed by atoms with Crippen LogP contribution in [0.5, 0.6) is 11.5 Å². The molecule has 1 amide bonds. The predicted molar refractivity (Wildman–Crippen MR) is 117 cm³/mol. The number of hydrogen-bond acceptors (Lipinski definition) is 5. The van der Waals surface area contributed by atoms with Crippen molar-refractivity contribution in [1.82, 2.24) is 14.8 Å². The maximum Gasteiger partial charge on any atom is 0.408 e. The SMILES string of the molecule is COc1ccc(C(=O)Nc2cccc3c(-c4cnn(CC(F)(F)F)c4)ccnc23)c(OC)c1. The number of nitrogens with one attached hydrogen (secondary N) is 1. The lowest BCUT2D eigenvalue weighted by Crippen LogP contribution is -2.17. The lowest BCUT2D eigenvalue weighted by Gasteiger charge is -2.13. The number of rotatable bonds is 6. The van der Waals surface area contributed by atoms with Crippen molar-refractivity contribution in [2.75, 3.05) is 19.5 Å². The molecule has 170 valence electrons. The molecule has 0 saturated heterocycles. The number of aromatic nitrogens is 3. The first-order valence-electron chi connectivity index (χ1n) is 9.80. The zero-order valence-corrected chi connectivity index (χ0v) is 17.7. The molecule has 0 aliphatic carbocycles. The number of fused-ring (bicyclic) bond motifs is 1. The molecule has 10 heteroatoms. The maximum absolute atomic E-state index is 12.9. The first-order valence-corrected chi connectivity index (χ1v) is 9.80. The molecule has 2 aromatic carbocycles. The van der Waals surface area contributed by atoms with Crippen LogP contribution in [0.4, 0.5) is 18.9 Å². The number of ether oxygens (including phenoxy) is 2. The fraction of sp³-hybridized carbons (Fsp3) is 0.174. The third-order valence-electron chi connectivity index (χ3n) is 4.96. The van der Waals surface area contributed by atoms with Gasteiger partial charge in [0.05, 0.1) is 37.2 Å². The van der Waals surface area contributed by atoms with Gasteiger partial charge in [-0.3, -0.25) is 14.5 Å².